The van der Waals surface area contributed by atoms with E-state index in [2.05, 4.69) is 9.88 Å². The lowest BCUT2D eigenvalue weighted by Gasteiger charge is -2.28. The Morgan fingerprint density at radius 3 is 2.27 bits per heavy atom. The molecule has 3 heteroatoms. The molecule has 1 aliphatic rings. The molecule has 0 radical (unpaired) electrons. The Morgan fingerprint density at radius 2 is 1.73 bits per heavy atom. The fourth-order valence-corrected chi connectivity index (χ4v) is 2.51. The van der Waals surface area contributed by atoms with E-state index in [1.54, 1.807) is 12.1 Å². The van der Waals surface area contributed by atoms with Gasteiger partial charge in [0, 0.05) is 29.6 Å². The first kappa shape index (κ1) is 10.4. The summed E-state index contributed by atoms with van der Waals surface area (Å²) < 4.78 is 2.31. The first-order chi connectivity index (χ1) is 7.18. The van der Waals surface area contributed by atoms with Gasteiger partial charge in [-0.25, -0.2) is 0 Å². The molecule has 0 bridgehead atoms. The fourth-order valence-electron chi connectivity index (χ4n) is 2.51. The van der Waals surface area contributed by atoms with Gasteiger partial charge in [-0.3, -0.25) is 4.79 Å². The molecule has 2 rings (SSSR count). The highest BCUT2D eigenvalue weighted by atomic mass is 16.1. The van der Waals surface area contributed by atoms with Gasteiger partial charge in [-0.05, 0) is 39.8 Å². The van der Waals surface area contributed by atoms with E-state index in [1.807, 2.05) is 13.8 Å². The van der Waals surface area contributed by atoms with Crippen LogP contribution in [0.3, 0.4) is 0 Å². The molecule has 2 heterocycles. The van der Waals surface area contributed by atoms with Crippen molar-refractivity contribution in [3.05, 3.63) is 33.7 Å². The predicted octanol–water partition coefficient (Wildman–Crippen LogP) is 1.39. The zero-order valence-corrected chi connectivity index (χ0v) is 9.42. The van der Waals surface area contributed by atoms with E-state index in [-0.39, 0.29) is 5.43 Å². The first-order valence-electron chi connectivity index (χ1n) is 5.59. The minimum Gasteiger partial charge on any atom is -0.346 e. The van der Waals surface area contributed by atoms with Crippen molar-refractivity contribution in [2.45, 2.75) is 32.7 Å². The maximum absolute atomic E-state index is 11.3. The summed E-state index contributed by atoms with van der Waals surface area (Å²) in [6, 6.07) is 4.02. The van der Waals surface area contributed by atoms with E-state index in [0.29, 0.717) is 6.04 Å². The molecule has 0 atom stereocenters. The van der Waals surface area contributed by atoms with Gasteiger partial charge in [-0.15, -0.1) is 0 Å². The van der Waals surface area contributed by atoms with Crippen molar-refractivity contribution in [2.24, 2.45) is 0 Å². The molecule has 0 aliphatic carbocycles. The highest BCUT2D eigenvalue weighted by Crippen LogP contribution is 2.21. The topological polar surface area (TPSA) is 34.0 Å². The van der Waals surface area contributed by atoms with Gasteiger partial charge in [0.1, 0.15) is 0 Å². The van der Waals surface area contributed by atoms with Gasteiger partial charge in [-0.2, -0.15) is 0 Å². The van der Waals surface area contributed by atoms with Crippen molar-refractivity contribution in [1.82, 2.24) is 9.88 Å². The summed E-state index contributed by atoms with van der Waals surface area (Å²) in [4.78, 5) is 11.3. The van der Waals surface area contributed by atoms with Gasteiger partial charge in [0.2, 0.25) is 0 Å². The van der Waals surface area contributed by atoms with E-state index < -0.39 is 0 Å². The highest BCUT2D eigenvalue weighted by molar-refractivity contribution is 5.13. The fraction of sp³-hybridized carbons (Fsp3) is 0.583. The van der Waals surface area contributed by atoms with Gasteiger partial charge < -0.3 is 9.88 Å². The van der Waals surface area contributed by atoms with Gasteiger partial charge in [-0.1, -0.05) is 0 Å². The molecule has 0 unspecified atom stereocenters. The second-order valence-electron chi connectivity index (χ2n) is 4.32. The standard InChI is InChI=1S/C12H18N2O/c1-9-7-12(15)8-10(2)14(9)11-3-5-13-6-4-11/h7-8,11,13H,3-6H2,1-2H3. The Hall–Kier alpha value is -1.09. The van der Waals surface area contributed by atoms with Crippen LogP contribution in [0.4, 0.5) is 0 Å². The normalized spacial score (nSPS) is 18.0. The van der Waals surface area contributed by atoms with Crippen LogP contribution in [0.15, 0.2) is 16.9 Å². The van der Waals surface area contributed by atoms with E-state index in [0.717, 1.165) is 37.3 Å². The Labute approximate surface area is 90.1 Å². The molecule has 1 fully saturated rings. The lowest BCUT2D eigenvalue weighted by Crippen LogP contribution is -2.31. The van der Waals surface area contributed by atoms with Crippen LogP contribution in [-0.4, -0.2) is 17.7 Å². The Bertz CT molecular complexity index is 376. The maximum Gasteiger partial charge on any atom is 0.182 e. The number of piperidine rings is 1. The van der Waals surface area contributed by atoms with E-state index >= 15 is 0 Å². The summed E-state index contributed by atoms with van der Waals surface area (Å²) in [5.74, 6) is 0. The number of nitrogens with zero attached hydrogens (tertiary/aromatic N) is 1. The molecule has 1 aliphatic heterocycles. The van der Waals surface area contributed by atoms with Gasteiger partial charge in [0.15, 0.2) is 5.43 Å². The average Bonchev–Trinajstić information content (AvgIpc) is 2.17. The summed E-state index contributed by atoms with van der Waals surface area (Å²) in [5.41, 5.74) is 2.30. The molecule has 1 N–H and O–H groups in total. The third kappa shape index (κ3) is 2.12. The van der Waals surface area contributed by atoms with Crippen LogP contribution < -0.4 is 10.7 Å². The van der Waals surface area contributed by atoms with Crippen molar-refractivity contribution in [2.75, 3.05) is 13.1 Å². The van der Waals surface area contributed by atoms with Crippen LogP contribution in [0, 0.1) is 13.8 Å². The van der Waals surface area contributed by atoms with Crippen LogP contribution in [0.1, 0.15) is 30.3 Å². The summed E-state index contributed by atoms with van der Waals surface area (Å²) in [6.45, 7) is 6.21. The van der Waals surface area contributed by atoms with Crippen LogP contribution >= 0.6 is 0 Å². The monoisotopic (exact) mass is 206 g/mol. The van der Waals surface area contributed by atoms with Crippen molar-refractivity contribution in [3.8, 4) is 0 Å². The first-order valence-corrected chi connectivity index (χ1v) is 5.59. The lowest BCUT2D eigenvalue weighted by atomic mass is 10.0. The molecule has 15 heavy (non-hydrogen) atoms. The Morgan fingerprint density at radius 1 is 1.20 bits per heavy atom. The van der Waals surface area contributed by atoms with Crippen molar-refractivity contribution in [3.63, 3.8) is 0 Å². The van der Waals surface area contributed by atoms with E-state index in [1.165, 1.54) is 0 Å². The highest BCUT2D eigenvalue weighted by Gasteiger charge is 2.16. The van der Waals surface area contributed by atoms with Crippen LogP contribution in [0.5, 0.6) is 0 Å². The molecule has 1 aromatic heterocycles. The molecule has 0 saturated carbocycles. The second kappa shape index (κ2) is 4.19. The third-order valence-corrected chi connectivity index (χ3v) is 3.14. The van der Waals surface area contributed by atoms with E-state index in [9.17, 15) is 4.79 Å². The minimum atomic E-state index is 0.121. The minimum absolute atomic E-state index is 0.121. The molecule has 0 spiro atoms. The number of hydrogen-bond acceptors (Lipinski definition) is 2. The number of pyridine rings is 1. The molecule has 1 saturated heterocycles. The summed E-state index contributed by atoms with van der Waals surface area (Å²) in [6.07, 6.45) is 2.31. The smallest absolute Gasteiger partial charge is 0.182 e. The Balaban J connectivity index is 2.38. The number of aromatic nitrogens is 1. The number of aryl methyl sites for hydroxylation is 2. The van der Waals surface area contributed by atoms with Crippen LogP contribution in [0.25, 0.3) is 0 Å². The van der Waals surface area contributed by atoms with Gasteiger partial charge in [0.25, 0.3) is 0 Å². The summed E-state index contributed by atoms with van der Waals surface area (Å²) in [5, 5.41) is 3.36. The lowest BCUT2D eigenvalue weighted by molar-refractivity contribution is 0.357. The van der Waals surface area contributed by atoms with E-state index in [4.69, 9.17) is 0 Å². The molecular weight excluding hydrogens is 188 g/mol. The van der Waals surface area contributed by atoms with Crippen LogP contribution in [0.2, 0.25) is 0 Å². The van der Waals surface area contributed by atoms with Gasteiger partial charge in [0.05, 0.1) is 0 Å². The molecule has 1 aromatic rings. The molecule has 0 aromatic carbocycles. The molecule has 3 nitrogen and oxygen atoms in total. The van der Waals surface area contributed by atoms with Gasteiger partial charge >= 0.3 is 0 Å². The summed E-state index contributed by atoms with van der Waals surface area (Å²) >= 11 is 0. The summed E-state index contributed by atoms with van der Waals surface area (Å²) in [7, 11) is 0. The predicted molar refractivity (Wildman–Crippen MR) is 61.3 cm³/mol. The largest absolute Gasteiger partial charge is 0.346 e. The maximum atomic E-state index is 11.3. The molecule has 82 valence electrons. The SMILES string of the molecule is Cc1cc(=O)cc(C)n1C1CCNCC1. The number of nitrogens with one attached hydrogen (secondary N) is 1. The number of rotatable bonds is 1. The van der Waals surface area contributed by atoms with Crippen molar-refractivity contribution >= 4 is 0 Å². The van der Waals surface area contributed by atoms with Crippen molar-refractivity contribution < 1.29 is 0 Å². The molecule has 0 amide bonds. The third-order valence-electron chi connectivity index (χ3n) is 3.14. The van der Waals surface area contributed by atoms with Crippen molar-refractivity contribution in [1.29, 1.82) is 0 Å². The van der Waals surface area contributed by atoms with Crippen LogP contribution in [-0.2, 0) is 0 Å². The number of hydrogen-bond donors (Lipinski definition) is 1. The second-order valence-corrected chi connectivity index (χ2v) is 4.32. The quantitative estimate of drug-likeness (QED) is 0.753. The zero-order chi connectivity index (χ0) is 10.8. The zero-order valence-electron chi connectivity index (χ0n) is 9.42. The molecular formula is C12H18N2O. The average molecular weight is 206 g/mol. The Kier molecular flexibility index (Phi) is 2.91.